The average molecular weight is 597 g/mol. The summed E-state index contributed by atoms with van der Waals surface area (Å²) in [6, 6.07) is 8.79. The van der Waals surface area contributed by atoms with Gasteiger partial charge in [0.1, 0.15) is 11.6 Å². The lowest BCUT2D eigenvalue weighted by Crippen LogP contribution is -2.54. The number of piperazine rings is 1. The summed E-state index contributed by atoms with van der Waals surface area (Å²) in [6.45, 7) is 8.14. The largest absolute Gasteiger partial charge is 0.355 e. The topological polar surface area (TPSA) is 118 Å². The van der Waals surface area contributed by atoms with Crippen LogP contribution >= 0.6 is 11.6 Å². The second kappa shape index (κ2) is 10.7. The Hall–Kier alpha value is -4.16. The van der Waals surface area contributed by atoms with Gasteiger partial charge in [-0.1, -0.05) is 30.3 Å². The monoisotopic (exact) mass is 596 g/mol. The lowest BCUT2D eigenvalue weighted by atomic mass is 10.1. The molecular weight excluding hydrogens is 571 g/mol. The highest BCUT2D eigenvalue weighted by atomic mass is 35.5. The Bertz CT molecular complexity index is 1900. The van der Waals surface area contributed by atoms with Gasteiger partial charge in [-0.2, -0.15) is 4.98 Å². The van der Waals surface area contributed by atoms with Crippen LogP contribution < -0.4 is 10.6 Å². The number of benzene rings is 1. The van der Waals surface area contributed by atoms with Gasteiger partial charge < -0.3 is 9.80 Å². The first kappa shape index (κ1) is 28.4. The van der Waals surface area contributed by atoms with E-state index in [1.807, 2.05) is 11.8 Å². The van der Waals surface area contributed by atoms with Gasteiger partial charge in [-0.15, -0.1) is 0 Å². The summed E-state index contributed by atoms with van der Waals surface area (Å²) in [6.07, 6.45) is 3.58. The van der Waals surface area contributed by atoms with E-state index < -0.39 is 21.3 Å². The van der Waals surface area contributed by atoms with Crippen molar-refractivity contribution in [3.05, 3.63) is 82.1 Å². The Morgan fingerprint density at radius 2 is 1.93 bits per heavy atom. The minimum Gasteiger partial charge on any atom is -0.350 e. The van der Waals surface area contributed by atoms with Crippen molar-refractivity contribution in [2.45, 2.75) is 24.9 Å². The molecule has 1 aliphatic heterocycles. The fourth-order valence-electron chi connectivity index (χ4n) is 5.04. The summed E-state index contributed by atoms with van der Waals surface area (Å²) < 4.78 is 41.5. The van der Waals surface area contributed by atoms with E-state index in [9.17, 15) is 22.4 Å². The van der Waals surface area contributed by atoms with Gasteiger partial charge in [0.15, 0.2) is 20.5 Å². The minimum absolute atomic E-state index is 0.00666. The van der Waals surface area contributed by atoms with Crippen molar-refractivity contribution in [3.63, 3.8) is 0 Å². The van der Waals surface area contributed by atoms with Crippen molar-refractivity contribution in [2.24, 2.45) is 0 Å². The highest BCUT2D eigenvalue weighted by Gasteiger charge is 2.31. The molecule has 0 unspecified atom stereocenters. The molecule has 13 heteroatoms. The van der Waals surface area contributed by atoms with E-state index in [0.29, 0.717) is 30.6 Å². The summed E-state index contributed by atoms with van der Waals surface area (Å²) in [7, 11) is -3.89. The first-order valence-electron chi connectivity index (χ1n) is 12.6. The molecule has 0 aliphatic carbocycles. The molecule has 0 N–H and O–H groups in total. The van der Waals surface area contributed by atoms with E-state index in [1.165, 1.54) is 30.5 Å². The molecule has 0 radical (unpaired) electrons. The minimum atomic E-state index is -3.89. The fraction of sp³-hybridized carbons (Fsp3) is 0.250. The number of carbonyl (C=O) groups is 1. The van der Waals surface area contributed by atoms with Crippen LogP contribution in [0.4, 0.5) is 10.2 Å². The van der Waals surface area contributed by atoms with Gasteiger partial charge in [-0.05, 0) is 49.8 Å². The molecule has 3 aromatic heterocycles. The van der Waals surface area contributed by atoms with Gasteiger partial charge in [0.05, 0.1) is 21.8 Å². The van der Waals surface area contributed by atoms with Gasteiger partial charge >= 0.3 is 5.69 Å². The summed E-state index contributed by atoms with van der Waals surface area (Å²) in [5, 5.41) is 0.118. The van der Waals surface area contributed by atoms with E-state index in [1.54, 1.807) is 30.0 Å². The van der Waals surface area contributed by atoms with Crippen molar-refractivity contribution < 1.29 is 17.6 Å². The molecular formula is C28H26ClFN6O4S. The molecule has 1 saturated heterocycles. The first-order chi connectivity index (χ1) is 19.4. The average Bonchev–Trinajstić information content (AvgIpc) is 2.92. The number of nitrogens with zero attached hydrogens (tertiary/aromatic N) is 6. The molecule has 10 nitrogen and oxygen atoms in total. The van der Waals surface area contributed by atoms with Crippen LogP contribution in [0.25, 0.3) is 28.0 Å². The van der Waals surface area contributed by atoms with Crippen LogP contribution in [0.3, 0.4) is 0 Å². The predicted octanol–water partition coefficient (Wildman–Crippen LogP) is 3.57. The van der Waals surface area contributed by atoms with Gasteiger partial charge in [0.25, 0.3) is 0 Å². The van der Waals surface area contributed by atoms with Crippen molar-refractivity contribution >= 4 is 44.2 Å². The second-order valence-electron chi connectivity index (χ2n) is 9.81. The second-order valence-corrected chi connectivity index (χ2v) is 12.1. The number of aryl methyl sites for hydroxylation is 1. The van der Waals surface area contributed by atoms with Crippen LogP contribution in [0.15, 0.2) is 65.1 Å². The Morgan fingerprint density at radius 3 is 2.59 bits per heavy atom. The van der Waals surface area contributed by atoms with Crippen molar-refractivity contribution in [1.29, 1.82) is 0 Å². The van der Waals surface area contributed by atoms with E-state index in [4.69, 9.17) is 11.6 Å². The highest BCUT2D eigenvalue weighted by molar-refractivity contribution is 7.90. The van der Waals surface area contributed by atoms with Gasteiger partial charge in [0, 0.05) is 43.7 Å². The molecule has 1 atom stereocenters. The predicted molar refractivity (Wildman–Crippen MR) is 155 cm³/mol. The lowest BCUT2D eigenvalue weighted by Gasteiger charge is -2.40. The number of aromatic nitrogens is 4. The molecule has 41 heavy (non-hydrogen) atoms. The zero-order chi connectivity index (χ0) is 29.6. The standard InChI is InChI=1S/C28H26ClFN6O4S/c1-5-22(37)34-12-13-35(17(3)15-34)25-19-14-20(29)23(18-8-6-7-9-21(18)30)32-26(19)36(28(38)33-25)24-16(2)10-11-31-27(24)41(4,39)40/h5-11,14,17H,1,12-13,15H2,2-4H3/t17-/m0/s1. The van der Waals surface area contributed by atoms with Crippen molar-refractivity contribution in [1.82, 2.24) is 24.4 Å². The maximum Gasteiger partial charge on any atom is 0.355 e. The van der Waals surface area contributed by atoms with Crippen molar-refractivity contribution in [2.75, 3.05) is 30.8 Å². The van der Waals surface area contributed by atoms with Crippen molar-refractivity contribution in [3.8, 4) is 16.9 Å². The number of anilines is 1. The molecule has 4 aromatic rings. The maximum absolute atomic E-state index is 14.9. The Balaban J connectivity index is 1.84. The van der Waals surface area contributed by atoms with Crippen LogP contribution in [0, 0.1) is 12.7 Å². The quantitative estimate of drug-likeness (QED) is 0.321. The molecule has 0 bridgehead atoms. The summed E-state index contributed by atoms with van der Waals surface area (Å²) >= 11 is 6.68. The molecule has 212 valence electrons. The van der Waals surface area contributed by atoms with E-state index in [-0.39, 0.29) is 50.4 Å². The number of pyridine rings is 2. The van der Waals surface area contributed by atoms with Gasteiger partial charge in [-0.25, -0.2) is 32.1 Å². The Morgan fingerprint density at radius 1 is 1.20 bits per heavy atom. The zero-order valence-corrected chi connectivity index (χ0v) is 24.1. The fourth-order valence-corrected chi connectivity index (χ4v) is 6.15. The lowest BCUT2D eigenvalue weighted by molar-refractivity contribution is -0.126. The number of fused-ring (bicyclic) bond motifs is 1. The number of carbonyl (C=O) groups excluding carboxylic acids is 1. The van der Waals surface area contributed by atoms with E-state index in [2.05, 4.69) is 21.5 Å². The molecule has 1 fully saturated rings. The number of hydrogen-bond acceptors (Lipinski definition) is 8. The maximum atomic E-state index is 14.9. The third-order valence-corrected chi connectivity index (χ3v) is 8.27. The molecule has 1 aromatic carbocycles. The summed E-state index contributed by atoms with van der Waals surface area (Å²) in [5.41, 5.74) is -0.173. The van der Waals surface area contributed by atoms with E-state index in [0.717, 1.165) is 10.8 Å². The van der Waals surface area contributed by atoms with Crippen LogP contribution in [0.5, 0.6) is 0 Å². The molecule has 5 rings (SSSR count). The Kier molecular flexibility index (Phi) is 7.39. The number of hydrogen-bond donors (Lipinski definition) is 0. The Labute approximate surface area is 240 Å². The summed E-state index contributed by atoms with van der Waals surface area (Å²) in [5.74, 6) is -0.517. The summed E-state index contributed by atoms with van der Waals surface area (Å²) in [4.78, 5) is 42.7. The molecule has 4 heterocycles. The highest BCUT2D eigenvalue weighted by Crippen LogP contribution is 2.36. The van der Waals surface area contributed by atoms with E-state index >= 15 is 0 Å². The third-order valence-electron chi connectivity index (χ3n) is 6.98. The SMILES string of the molecule is C=CC(=O)N1CCN(c2nc(=O)n(-c3c(C)ccnc3S(C)(=O)=O)c3nc(-c4ccccc4F)c(Cl)cc23)[C@@H](C)C1. The molecule has 0 spiro atoms. The van der Waals surface area contributed by atoms with Gasteiger partial charge in [-0.3, -0.25) is 4.79 Å². The zero-order valence-electron chi connectivity index (χ0n) is 22.5. The number of halogens is 2. The van der Waals surface area contributed by atoms with Crippen LogP contribution in [-0.2, 0) is 14.6 Å². The molecule has 1 amide bonds. The molecule has 1 aliphatic rings. The normalized spacial score (nSPS) is 15.8. The van der Waals surface area contributed by atoms with Crippen LogP contribution in [0.2, 0.25) is 5.02 Å². The number of sulfone groups is 1. The first-order valence-corrected chi connectivity index (χ1v) is 14.9. The number of rotatable bonds is 5. The molecule has 0 saturated carbocycles. The smallest absolute Gasteiger partial charge is 0.350 e. The van der Waals surface area contributed by atoms with Crippen LogP contribution in [0.1, 0.15) is 12.5 Å². The third kappa shape index (κ3) is 5.08. The van der Waals surface area contributed by atoms with Crippen LogP contribution in [-0.4, -0.2) is 70.7 Å². The number of amides is 1. The van der Waals surface area contributed by atoms with Gasteiger partial charge in [0.2, 0.25) is 5.91 Å².